The summed E-state index contributed by atoms with van der Waals surface area (Å²) in [4.78, 5) is 14.5. The number of amides is 1. The molecule has 0 saturated carbocycles. The first-order valence-corrected chi connectivity index (χ1v) is 8.14. The van der Waals surface area contributed by atoms with Crippen molar-refractivity contribution in [1.82, 2.24) is 10.1 Å². The third-order valence-corrected chi connectivity index (χ3v) is 4.72. The molecular weight excluding hydrogens is 338 g/mol. The molecule has 1 aromatic heterocycles. The van der Waals surface area contributed by atoms with E-state index in [1.54, 1.807) is 0 Å². The van der Waals surface area contributed by atoms with Crippen LogP contribution in [0, 0.1) is 0 Å². The predicted octanol–water partition coefficient (Wildman–Crippen LogP) is 2.75. The minimum Gasteiger partial charge on any atom is -0.356 e. The van der Waals surface area contributed by atoms with Crippen LogP contribution < -0.4 is 5.73 Å². The highest BCUT2D eigenvalue weighted by atomic mass is 35.5. The molecule has 0 radical (unpaired) electrons. The number of fused-ring (bicyclic) bond motifs is 1. The number of halogens is 1. The van der Waals surface area contributed by atoms with Gasteiger partial charge in [0.15, 0.2) is 5.58 Å². The average molecular weight is 358 g/mol. The second-order valence-corrected chi connectivity index (χ2v) is 6.28. The molecule has 2 aromatic carbocycles. The lowest BCUT2D eigenvalue weighted by Crippen LogP contribution is -2.33. The van der Waals surface area contributed by atoms with Gasteiger partial charge < -0.3 is 15.2 Å². The first kappa shape index (κ1) is 17.5. The molecule has 1 fully saturated rings. The summed E-state index contributed by atoms with van der Waals surface area (Å²) in [5.41, 5.74) is 8.86. The number of hydrogen-bond donors (Lipinski definition) is 1. The minimum atomic E-state index is -0.0367. The molecule has 2 N–H and O–H groups in total. The van der Waals surface area contributed by atoms with Gasteiger partial charge in [0.05, 0.1) is 6.42 Å². The Balaban J connectivity index is 0.00000182. The lowest BCUT2D eigenvalue weighted by Gasteiger charge is -2.16. The van der Waals surface area contributed by atoms with Crippen molar-refractivity contribution in [3.8, 4) is 0 Å². The molecule has 0 spiro atoms. The van der Waals surface area contributed by atoms with Crippen LogP contribution in [0.5, 0.6) is 0 Å². The number of nitrogens with zero attached hydrogens (tertiary/aromatic N) is 2. The Morgan fingerprint density at radius 3 is 2.64 bits per heavy atom. The fourth-order valence-electron chi connectivity index (χ4n) is 3.41. The van der Waals surface area contributed by atoms with Crippen molar-refractivity contribution in [2.75, 3.05) is 13.1 Å². The summed E-state index contributed by atoms with van der Waals surface area (Å²) in [5, 5.41) is 4.95. The van der Waals surface area contributed by atoms with E-state index in [1.807, 2.05) is 47.4 Å². The summed E-state index contributed by atoms with van der Waals surface area (Å²) < 4.78 is 5.28. The van der Waals surface area contributed by atoms with Gasteiger partial charge >= 0.3 is 0 Å². The number of aromatic nitrogens is 1. The first-order chi connectivity index (χ1) is 11.7. The van der Waals surface area contributed by atoms with Crippen LogP contribution in [0.3, 0.4) is 0 Å². The largest absolute Gasteiger partial charge is 0.356 e. The Labute approximate surface area is 152 Å². The van der Waals surface area contributed by atoms with Crippen LogP contribution in [0.1, 0.15) is 17.2 Å². The van der Waals surface area contributed by atoms with Crippen LogP contribution in [-0.4, -0.2) is 35.1 Å². The molecule has 0 unspecified atom stereocenters. The van der Waals surface area contributed by atoms with Crippen molar-refractivity contribution in [3.05, 3.63) is 65.9 Å². The Morgan fingerprint density at radius 2 is 1.84 bits per heavy atom. The van der Waals surface area contributed by atoms with Crippen molar-refractivity contribution in [1.29, 1.82) is 0 Å². The lowest BCUT2D eigenvalue weighted by molar-refractivity contribution is -0.129. The molecule has 2 atom stereocenters. The van der Waals surface area contributed by atoms with Crippen molar-refractivity contribution < 1.29 is 9.32 Å². The number of carbonyl (C=O) groups is 1. The molecule has 2 heterocycles. The van der Waals surface area contributed by atoms with Crippen molar-refractivity contribution in [2.24, 2.45) is 5.73 Å². The number of likely N-dealkylation sites (tertiary alicyclic amines) is 1. The molecule has 130 valence electrons. The van der Waals surface area contributed by atoms with Gasteiger partial charge in [-0.15, -0.1) is 12.4 Å². The number of para-hydroxylation sites is 1. The molecule has 1 saturated heterocycles. The molecule has 0 bridgehead atoms. The highest BCUT2D eigenvalue weighted by Crippen LogP contribution is 2.27. The van der Waals surface area contributed by atoms with E-state index in [1.165, 1.54) is 5.56 Å². The number of carbonyl (C=O) groups excluding carboxylic acids is 1. The summed E-state index contributed by atoms with van der Waals surface area (Å²) in [7, 11) is 0. The topological polar surface area (TPSA) is 72.4 Å². The van der Waals surface area contributed by atoms with E-state index >= 15 is 0 Å². The second kappa shape index (κ2) is 7.25. The maximum Gasteiger partial charge on any atom is 0.228 e. The normalized spacial score (nSPS) is 19.8. The van der Waals surface area contributed by atoms with E-state index in [2.05, 4.69) is 17.3 Å². The second-order valence-electron chi connectivity index (χ2n) is 6.28. The summed E-state index contributed by atoms with van der Waals surface area (Å²) in [5.74, 6) is 0.229. The molecule has 4 rings (SSSR count). The Bertz CT molecular complexity index is 865. The number of rotatable bonds is 3. The van der Waals surface area contributed by atoms with Crippen molar-refractivity contribution >= 4 is 29.3 Å². The fourth-order valence-corrected chi connectivity index (χ4v) is 3.41. The summed E-state index contributed by atoms with van der Waals surface area (Å²) in [6.07, 6.45) is 0.241. The van der Waals surface area contributed by atoms with Crippen molar-refractivity contribution in [3.63, 3.8) is 0 Å². The molecule has 3 aromatic rings. The van der Waals surface area contributed by atoms with E-state index in [0.717, 1.165) is 5.39 Å². The summed E-state index contributed by atoms with van der Waals surface area (Å²) in [6, 6.07) is 17.7. The van der Waals surface area contributed by atoms with E-state index in [4.69, 9.17) is 10.3 Å². The van der Waals surface area contributed by atoms with Gasteiger partial charge in [-0.3, -0.25) is 4.79 Å². The molecular formula is C19H20ClN3O2. The van der Waals surface area contributed by atoms with Crippen LogP contribution in [0.2, 0.25) is 0 Å². The maximum atomic E-state index is 12.7. The maximum absolute atomic E-state index is 12.7. The lowest BCUT2D eigenvalue weighted by atomic mass is 9.95. The fraction of sp³-hybridized carbons (Fsp3) is 0.263. The van der Waals surface area contributed by atoms with Gasteiger partial charge in [-0.25, -0.2) is 0 Å². The zero-order valence-corrected chi connectivity index (χ0v) is 14.5. The molecule has 25 heavy (non-hydrogen) atoms. The van der Waals surface area contributed by atoms with Crippen molar-refractivity contribution in [2.45, 2.75) is 18.4 Å². The van der Waals surface area contributed by atoms with E-state index in [9.17, 15) is 4.79 Å². The minimum absolute atomic E-state index is 0. The number of nitrogens with two attached hydrogens (primary N) is 1. The van der Waals surface area contributed by atoms with Crippen LogP contribution in [-0.2, 0) is 11.2 Å². The van der Waals surface area contributed by atoms with Gasteiger partial charge in [-0.2, -0.15) is 0 Å². The number of hydrogen-bond acceptors (Lipinski definition) is 4. The third-order valence-electron chi connectivity index (χ3n) is 4.72. The van der Waals surface area contributed by atoms with Gasteiger partial charge in [0, 0.05) is 30.4 Å². The quantitative estimate of drug-likeness (QED) is 0.782. The number of benzene rings is 2. The SMILES string of the molecule is Cl.N[C@@H]1CN(C(=O)Cc2noc3ccccc23)C[C@H]1c1ccccc1. The van der Waals surface area contributed by atoms with Gasteiger partial charge in [-0.05, 0) is 17.7 Å². The van der Waals surface area contributed by atoms with Crippen LogP contribution in [0.15, 0.2) is 59.1 Å². The highest BCUT2D eigenvalue weighted by Gasteiger charge is 2.34. The molecule has 5 nitrogen and oxygen atoms in total. The highest BCUT2D eigenvalue weighted by molar-refractivity contribution is 5.86. The predicted molar refractivity (Wildman–Crippen MR) is 98.7 cm³/mol. The molecule has 6 heteroatoms. The smallest absolute Gasteiger partial charge is 0.228 e. The summed E-state index contributed by atoms with van der Waals surface area (Å²) in [6.45, 7) is 1.23. The van der Waals surface area contributed by atoms with E-state index < -0.39 is 0 Å². The third kappa shape index (κ3) is 3.38. The van der Waals surface area contributed by atoms with Gasteiger partial charge in [0.2, 0.25) is 5.91 Å². The molecule has 0 aliphatic carbocycles. The average Bonchev–Trinajstić information content (AvgIpc) is 3.20. The molecule has 1 aliphatic heterocycles. The Kier molecular flexibility index (Phi) is 5.06. The van der Waals surface area contributed by atoms with Gasteiger partial charge in [-0.1, -0.05) is 47.6 Å². The van der Waals surface area contributed by atoms with Gasteiger partial charge in [0.1, 0.15) is 5.69 Å². The zero-order chi connectivity index (χ0) is 16.5. The van der Waals surface area contributed by atoms with E-state index in [0.29, 0.717) is 24.4 Å². The van der Waals surface area contributed by atoms with Gasteiger partial charge in [0.25, 0.3) is 0 Å². The Hall–Kier alpha value is -2.37. The van der Waals surface area contributed by atoms with Crippen LogP contribution in [0.4, 0.5) is 0 Å². The molecule has 1 aliphatic rings. The standard InChI is InChI=1S/C19H19N3O2.ClH/c20-16-12-22(11-15(16)13-6-2-1-3-7-13)19(23)10-17-14-8-4-5-9-18(14)24-21-17;/h1-9,15-16H,10-12,20H2;1H/t15-,16+;/m0./s1. The Morgan fingerprint density at radius 1 is 1.12 bits per heavy atom. The molecule has 1 amide bonds. The summed E-state index contributed by atoms with van der Waals surface area (Å²) >= 11 is 0. The zero-order valence-electron chi connectivity index (χ0n) is 13.7. The monoisotopic (exact) mass is 357 g/mol. The van der Waals surface area contributed by atoms with E-state index in [-0.39, 0.29) is 36.7 Å². The van der Waals surface area contributed by atoms with Crippen LogP contribution in [0.25, 0.3) is 11.0 Å². The first-order valence-electron chi connectivity index (χ1n) is 8.14. The van der Waals surface area contributed by atoms with Crippen LogP contribution >= 0.6 is 12.4 Å².